The molecule has 0 aliphatic carbocycles. The molecule has 0 saturated heterocycles. The number of benzene rings is 1. The fourth-order valence-corrected chi connectivity index (χ4v) is 1.95. The van der Waals surface area contributed by atoms with Crippen LogP contribution in [0.3, 0.4) is 0 Å². The Morgan fingerprint density at radius 2 is 2.00 bits per heavy atom. The number of aromatic nitrogens is 2. The average Bonchev–Trinajstić information content (AvgIpc) is 2.97. The molecule has 0 aliphatic rings. The van der Waals surface area contributed by atoms with E-state index in [1.165, 1.54) is 19.2 Å². The zero-order valence-electron chi connectivity index (χ0n) is 11.2. The summed E-state index contributed by atoms with van der Waals surface area (Å²) >= 11 is 0. The van der Waals surface area contributed by atoms with Gasteiger partial charge in [-0.15, -0.1) is 0 Å². The molecule has 6 nitrogen and oxygen atoms in total. The second kappa shape index (κ2) is 5.16. The van der Waals surface area contributed by atoms with Crippen molar-refractivity contribution in [3.05, 3.63) is 54.5 Å². The second-order valence-electron chi connectivity index (χ2n) is 4.36. The molecule has 2 aromatic heterocycles. The molecule has 106 valence electrons. The molecule has 2 heterocycles. The third kappa shape index (κ3) is 2.51. The summed E-state index contributed by atoms with van der Waals surface area (Å²) in [4.78, 5) is 15.7. The number of rotatable bonds is 3. The van der Waals surface area contributed by atoms with E-state index >= 15 is 0 Å². The highest BCUT2D eigenvalue weighted by atomic mass is 16.5. The lowest BCUT2D eigenvalue weighted by atomic mass is 10.2. The summed E-state index contributed by atoms with van der Waals surface area (Å²) < 4.78 is 12.2. The Morgan fingerprint density at radius 3 is 2.71 bits per heavy atom. The first-order valence-corrected chi connectivity index (χ1v) is 6.18. The van der Waals surface area contributed by atoms with Crippen LogP contribution in [-0.2, 0) is 4.74 Å². The van der Waals surface area contributed by atoms with Crippen molar-refractivity contribution in [2.75, 3.05) is 7.11 Å². The lowest BCUT2D eigenvalue weighted by Gasteiger charge is -2.10. The van der Waals surface area contributed by atoms with E-state index in [0.29, 0.717) is 22.7 Å². The van der Waals surface area contributed by atoms with Gasteiger partial charge in [0.15, 0.2) is 0 Å². The molecule has 1 aromatic carbocycles. The molecule has 0 unspecified atom stereocenters. The number of methoxy groups -OCH3 is 1. The first-order valence-electron chi connectivity index (χ1n) is 6.18. The van der Waals surface area contributed by atoms with Gasteiger partial charge in [0.1, 0.15) is 17.8 Å². The lowest BCUT2D eigenvalue weighted by Crippen LogP contribution is -2.03. The molecular weight excluding hydrogens is 272 g/mol. The molecular formula is C15H12N2O4. The second-order valence-corrected chi connectivity index (χ2v) is 4.36. The van der Waals surface area contributed by atoms with Gasteiger partial charge in [-0.3, -0.25) is 4.40 Å². The maximum absolute atomic E-state index is 11.7. The number of fused-ring (bicyclic) bond motifs is 1. The number of nitrogens with zero attached hydrogens (tertiary/aromatic N) is 2. The van der Waals surface area contributed by atoms with E-state index in [4.69, 9.17) is 9.47 Å². The van der Waals surface area contributed by atoms with Gasteiger partial charge < -0.3 is 14.6 Å². The van der Waals surface area contributed by atoms with Crippen LogP contribution < -0.4 is 4.74 Å². The summed E-state index contributed by atoms with van der Waals surface area (Å²) in [6, 6.07) is 9.54. The van der Waals surface area contributed by atoms with Crippen molar-refractivity contribution in [3.63, 3.8) is 0 Å². The highest BCUT2D eigenvalue weighted by Gasteiger charge is 2.12. The number of imidazole rings is 1. The van der Waals surface area contributed by atoms with Crippen LogP contribution in [0.25, 0.3) is 5.52 Å². The number of aromatic hydroxyl groups is 1. The van der Waals surface area contributed by atoms with Gasteiger partial charge in [-0.1, -0.05) is 0 Å². The summed E-state index contributed by atoms with van der Waals surface area (Å²) in [6.45, 7) is 0. The minimum Gasteiger partial charge on any atom is -0.508 e. The van der Waals surface area contributed by atoms with E-state index in [1.807, 2.05) is 0 Å². The summed E-state index contributed by atoms with van der Waals surface area (Å²) in [7, 11) is 1.32. The molecule has 6 heteroatoms. The molecule has 3 rings (SSSR count). The number of carbonyl (C=O) groups is 1. The van der Waals surface area contributed by atoms with E-state index in [-0.39, 0.29) is 5.75 Å². The van der Waals surface area contributed by atoms with Crippen LogP contribution in [0.2, 0.25) is 0 Å². The fraction of sp³-hybridized carbons (Fsp3) is 0.0667. The lowest BCUT2D eigenvalue weighted by molar-refractivity contribution is 0.0600. The van der Waals surface area contributed by atoms with Crippen LogP contribution in [0.4, 0.5) is 0 Å². The fourth-order valence-electron chi connectivity index (χ4n) is 1.95. The average molecular weight is 284 g/mol. The zero-order chi connectivity index (χ0) is 14.8. The van der Waals surface area contributed by atoms with Gasteiger partial charge in [-0.25, -0.2) is 9.78 Å². The van der Waals surface area contributed by atoms with E-state index in [0.717, 1.165) is 0 Å². The maximum Gasteiger partial charge on any atom is 0.338 e. The van der Waals surface area contributed by atoms with Gasteiger partial charge in [0.05, 0.1) is 24.4 Å². The molecule has 0 saturated carbocycles. The standard InChI is InChI=1S/C15H12N2O4/c1-20-15(19)10-6-11-8-16-9-17(11)14(7-10)21-13-4-2-12(18)3-5-13/h2-9,18H,1H3. The van der Waals surface area contributed by atoms with Crippen molar-refractivity contribution in [3.8, 4) is 17.4 Å². The Balaban J connectivity index is 2.05. The van der Waals surface area contributed by atoms with Crippen molar-refractivity contribution in [1.29, 1.82) is 0 Å². The van der Waals surface area contributed by atoms with Gasteiger partial charge >= 0.3 is 5.97 Å². The Bertz CT molecular complexity index is 793. The van der Waals surface area contributed by atoms with Crippen LogP contribution in [0.15, 0.2) is 48.9 Å². The number of phenolic OH excluding ortho intramolecular Hbond substituents is 1. The summed E-state index contributed by atoms with van der Waals surface area (Å²) in [5.41, 5.74) is 1.09. The molecule has 0 radical (unpaired) electrons. The number of ether oxygens (including phenoxy) is 2. The number of carbonyl (C=O) groups excluding carboxylic acids is 1. The van der Waals surface area contributed by atoms with E-state index in [2.05, 4.69) is 4.98 Å². The third-order valence-corrected chi connectivity index (χ3v) is 2.97. The molecule has 0 spiro atoms. The van der Waals surface area contributed by atoms with Gasteiger partial charge in [-0.05, 0) is 30.3 Å². The van der Waals surface area contributed by atoms with Crippen LogP contribution in [0.5, 0.6) is 17.4 Å². The van der Waals surface area contributed by atoms with E-state index in [1.54, 1.807) is 41.2 Å². The first kappa shape index (κ1) is 13.0. The van der Waals surface area contributed by atoms with Crippen molar-refractivity contribution < 1.29 is 19.4 Å². The zero-order valence-corrected chi connectivity index (χ0v) is 11.2. The number of esters is 1. The van der Waals surface area contributed by atoms with Crippen LogP contribution in [-0.4, -0.2) is 27.6 Å². The summed E-state index contributed by atoms with van der Waals surface area (Å²) in [5, 5.41) is 9.28. The summed E-state index contributed by atoms with van der Waals surface area (Å²) in [5.74, 6) is 0.661. The molecule has 0 atom stereocenters. The molecule has 0 bridgehead atoms. The predicted octanol–water partition coefficient (Wildman–Crippen LogP) is 2.62. The minimum atomic E-state index is -0.450. The SMILES string of the molecule is COC(=O)c1cc(Oc2ccc(O)cc2)n2cncc2c1. The topological polar surface area (TPSA) is 73.1 Å². The van der Waals surface area contributed by atoms with Crippen molar-refractivity contribution >= 4 is 11.5 Å². The van der Waals surface area contributed by atoms with Gasteiger partial charge in [0.2, 0.25) is 5.88 Å². The molecule has 0 fully saturated rings. The molecule has 21 heavy (non-hydrogen) atoms. The van der Waals surface area contributed by atoms with E-state index in [9.17, 15) is 9.90 Å². The van der Waals surface area contributed by atoms with Crippen LogP contribution in [0, 0.1) is 0 Å². The molecule has 0 amide bonds. The van der Waals surface area contributed by atoms with Crippen molar-refractivity contribution in [2.45, 2.75) is 0 Å². The predicted molar refractivity (Wildman–Crippen MR) is 74.7 cm³/mol. The van der Waals surface area contributed by atoms with Crippen LogP contribution in [0.1, 0.15) is 10.4 Å². The van der Waals surface area contributed by atoms with Crippen molar-refractivity contribution in [2.24, 2.45) is 0 Å². The quantitative estimate of drug-likeness (QED) is 0.748. The van der Waals surface area contributed by atoms with Gasteiger partial charge in [-0.2, -0.15) is 0 Å². The molecule has 1 N–H and O–H groups in total. The third-order valence-electron chi connectivity index (χ3n) is 2.97. The minimum absolute atomic E-state index is 0.151. The number of hydrogen-bond acceptors (Lipinski definition) is 5. The number of hydrogen-bond donors (Lipinski definition) is 1. The smallest absolute Gasteiger partial charge is 0.338 e. The van der Waals surface area contributed by atoms with Crippen LogP contribution >= 0.6 is 0 Å². The van der Waals surface area contributed by atoms with Gasteiger partial charge in [0, 0.05) is 6.07 Å². The maximum atomic E-state index is 11.7. The van der Waals surface area contributed by atoms with Crippen molar-refractivity contribution in [1.82, 2.24) is 9.38 Å². The number of pyridine rings is 1. The summed E-state index contributed by atoms with van der Waals surface area (Å²) in [6.07, 6.45) is 3.21. The Kier molecular flexibility index (Phi) is 3.19. The van der Waals surface area contributed by atoms with Gasteiger partial charge in [0.25, 0.3) is 0 Å². The molecule has 0 aliphatic heterocycles. The van der Waals surface area contributed by atoms with E-state index < -0.39 is 5.97 Å². The Hall–Kier alpha value is -3.02. The highest BCUT2D eigenvalue weighted by Crippen LogP contribution is 2.26. The first-order chi connectivity index (χ1) is 10.2. The molecule has 3 aromatic rings. The largest absolute Gasteiger partial charge is 0.508 e. The highest BCUT2D eigenvalue weighted by molar-refractivity contribution is 5.91. The normalized spacial score (nSPS) is 10.5. The monoisotopic (exact) mass is 284 g/mol. The Labute approximate surface area is 120 Å². The number of phenols is 1. The Morgan fingerprint density at radius 1 is 1.24 bits per heavy atom.